The van der Waals surface area contributed by atoms with Crippen LogP contribution in [0.4, 0.5) is 4.39 Å². The van der Waals surface area contributed by atoms with Crippen LogP contribution in [0.1, 0.15) is 30.6 Å². The van der Waals surface area contributed by atoms with E-state index < -0.39 is 17.3 Å². The third-order valence-electron chi connectivity index (χ3n) is 2.70. The summed E-state index contributed by atoms with van der Waals surface area (Å²) in [5.74, 6) is -2.10. The molecule has 0 radical (unpaired) electrons. The van der Waals surface area contributed by atoms with E-state index in [0.29, 0.717) is 6.42 Å². The van der Waals surface area contributed by atoms with Crippen molar-refractivity contribution in [2.75, 3.05) is 13.7 Å². The molecule has 0 fully saturated rings. The molecule has 0 aromatic heterocycles. The van der Waals surface area contributed by atoms with Gasteiger partial charge < -0.3 is 14.6 Å². The largest absolute Gasteiger partial charge is 0.492 e. The summed E-state index contributed by atoms with van der Waals surface area (Å²) in [7, 11) is 1.59. The number of carboxylic acids is 1. The summed E-state index contributed by atoms with van der Waals surface area (Å²) in [4.78, 5) is 10.9. The van der Waals surface area contributed by atoms with Gasteiger partial charge in [-0.2, -0.15) is 0 Å². The van der Waals surface area contributed by atoms with Crippen molar-refractivity contribution in [3.05, 3.63) is 29.6 Å². The minimum absolute atomic E-state index is 0.0365. The number of hydrogen-bond donors (Lipinski definition) is 1. The number of hydrogen-bond acceptors (Lipinski definition) is 3. The molecule has 1 aromatic carbocycles. The van der Waals surface area contributed by atoms with Gasteiger partial charge in [-0.1, -0.05) is 6.07 Å². The first-order valence-corrected chi connectivity index (χ1v) is 5.57. The molecule has 0 aliphatic carbocycles. The third kappa shape index (κ3) is 3.70. The third-order valence-corrected chi connectivity index (χ3v) is 2.70. The number of ether oxygens (including phenoxy) is 2. The molecule has 0 bridgehead atoms. The first-order valence-electron chi connectivity index (χ1n) is 5.57. The first kappa shape index (κ1) is 14.4. The fourth-order valence-electron chi connectivity index (χ4n) is 1.34. The summed E-state index contributed by atoms with van der Waals surface area (Å²) in [6, 6.07) is 3.94. The first-order chi connectivity index (χ1) is 8.37. The van der Waals surface area contributed by atoms with Crippen LogP contribution in [-0.4, -0.2) is 30.4 Å². The summed E-state index contributed by atoms with van der Waals surface area (Å²) in [5, 5.41) is 8.91. The normalized spacial score (nSPS) is 11.3. The van der Waals surface area contributed by atoms with Gasteiger partial charge in [0.05, 0.1) is 12.2 Å². The number of rotatable bonds is 6. The number of methoxy groups -OCH3 is 1. The lowest BCUT2D eigenvalue weighted by molar-refractivity contribution is 0.00535. The molecule has 100 valence electrons. The lowest BCUT2D eigenvalue weighted by Gasteiger charge is -2.22. The maximum atomic E-state index is 13.3. The molecule has 0 aliphatic heterocycles. The van der Waals surface area contributed by atoms with Crippen LogP contribution in [0.2, 0.25) is 0 Å². The van der Waals surface area contributed by atoms with E-state index in [1.54, 1.807) is 7.11 Å². The molecule has 0 aliphatic rings. The molecule has 1 aromatic rings. The molecule has 0 amide bonds. The predicted molar refractivity (Wildman–Crippen MR) is 64.6 cm³/mol. The molecule has 1 N–H and O–H groups in total. The molecule has 5 heteroatoms. The van der Waals surface area contributed by atoms with E-state index in [-0.39, 0.29) is 18.0 Å². The average Bonchev–Trinajstić information content (AvgIpc) is 2.28. The zero-order valence-corrected chi connectivity index (χ0v) is 10.7. The molecule has 4 nitrogen and oxygen atoms in total. The van der Waals surface area contributed by atoms with Crippen molar-refractivity contribution in [1.82, 2.24) is 0 Å². The van der Waals surface area contributed by atoms with Gasteiger partial charge in [-0.05, 0) is 26.0 Å². The van der Waals surface area contributed by atoms with Crippen LogP contribution in [0.3, 0.4) is 0 Å². The Morgan fingerprint density at radius 1 is 1.44 bits per heavy atom. The van der Waals surface area contributed by atoms with E-state index in [1.165, 1.54) is 12.1 Å². The second-order valence-electron chi connectivity index (χ2n) is 4.48. The van der Waals surface area contributed by atoms with Gasteiger partial charge >= 0.3 is 5.97 Å². The minimum atomic E-state index is -1.34. The van der Waals surface area contributed by atoms with Crippen molar-refractivity contribution in [3.8, 4) is 5.75 Å². The van der Waals surface area contributed by atoms with E-state index in [2.05, 4.69) is 0 Å². The van der Waals surface area contributed by atoms with Gasteiger partial charge in [0, 0.05) is 13.5 Å². The summed E-state index contributed by atoms with van der Waals surface area (Å²) in [6.45, 7) is 4.03. The lowest BCUT2D eigenvalue weighted by atomic mass is 10.1. The molecule has 18 heavy (non-hydrogen) atoms. The van der Waals surface area contributed by atoms with Gasteiger partial charge in [0.25, 0.3) is 0 Å². The van der Waals surface area contributed by atoms with Gasteiger partial charge in [-0.3, -0.25) is 0 Å². The van der Waals surface area contributed by atoms with Crippen LogP contribution in [-0.2, 0) is 4.74 Å². The van der Waals surface area contributed by atoms with E-state index in [4.69, 9.17) is 14.6 Å². The Morgan fingerprint density at radius 2 is 2.11 bits per heavy atom. The van der Waals surface area contributed by atoms with E-state index in [0.717, 1.165) is 6.07 Å². The summed E-state index contributed by atoms with van der Waals surface area (Å²) in [5.41, 5.74) is -0.802. The highest BCUT2D eigenvalue weighted by molar-refractivity contribution is 5.91. The number of carboxylic acid groups (broad SMARTS) is 1. The highest BCUT2D eigenvalue weighted by Gasteiger charge is 2.19. The van der Waals surface area contributed by atoms with Gasteiger partial charge in [-0.25, -0.2) is 9.18 Å². The number of halogens is 1. The van der Waals surface area contributed by atoms with E-state index in [9.17, 15) is 9.18 Å². The minimum Gasteiger partial charge on any atom is -0.492 e. The van der Waals surface area contributed by atoms with Crippen molar-refractivity contribution in [1.29, 1.82) is 0 Å². The Labute approximate surface area is 105 Å². The predicted octanol–water partition coefficient (Wildman–Crippen LogP) is 2.72. The number of aromatic carboxylic acids is 1. The molecule has 0 saturated heterocycles. The van der Waals surface area contributed by atoms with E-state index >= 15 is 0 Å². The zero-order valence-electron chi connectivity index (χ0n) is 10.7. The molecule has 0 saturated carbocycles. The van der Waals surface area contributed by atoms with Crippen molar-refractivity contribution < 1.29 is 23.8 Å². The highest BCUT2D eigenvalue weighted by Crippen LogP contribution is 2.22. The van der Waals surface area contributed by atoms with Crippen LogP contribution in [0.25, 0.3) is 0 Å². The maximum Gasteiger partial charge on any atom is 0.342 e. The van der Waals surface area contributed by atoms with Crippen LogP contribution < -0.4 is 4.74 Å². The monoisotopic (exact) mass is 256 g/mol. The topological polar surface area (TPSA) is 55.8 Å². The number of carbonyl (C=O) groups is 1. The molecule has 0 heterocycles. The van der Waals surface area contributed by atoms with E-state index in [1.807, 2.05) is 13.8 Å². The second kappa shape index (κ2) is 5.82. The summed E-state index contributed by atoms with van der Waals surface area (Å²) in [6.07, 6.45) is 0.569. The van der Waals surface area contributed by atoms with Crippen molar-refractivity contribution >= 4 is 5.97 Å². The second-order valence-corrected chi connectivity index (χ2v) is 4.48. The SMILES string of the molecule is COC(C)(C)CCOc1cccc(F)c1C(=O)O. The molecule has 1 rings (SSSR count). The van der Waals surface area contributed by atoms with Crippen molar-refractivity contribution in [2.45, 2.75) is 25.9 Å². The molecular weight excluding hydrogens is 239 g/mol. The van der Waals surface area contributed by atoms with Crippen molar-refractivity contribution in [3.63, 3.8) is 0 Å². The average molecular weight is 256 g/mol. The summed E-state index contributed by atoms with van der Waals surface area (Å²) < 4.78 is 23.9. The Balaban J connectivity index is 2.74. The highest BCUT2D eigenvalue weighted by atomic mass is 19.1. The number of benzene rings is 1. The Kier molecular flexibility index (Phi) is 4.67. The standard InChI is InChI=1S/C13H17FO4/c1-13(2,17-3)7-8-18-10-6-4-5-9(14)11(10)12(15)16/h4-6H,7-8H2,1-3H3,(H,15,16). The van der Waals surface area contributed by atoms with Gasteiger partial charge in [0.15, 0.2) is 0 Å². The smallest absolute Gasteiger partial charge is 0.342 e. The Hall–Kier alpha value is -1.62. The Bertz CT molecular complexity index is 429. The van der Waals surface area contributed by atoms with Crippen LogP contribution in [0.5, 0.6) is 5.75 Å². The van der Waals surface area contributed by atoms with Crippen LogP contribution >= 0.6 is 0 Å². The van der Waals surface area contributed by atoms with Gasteiger partial charge in [0.1, 0.15) is 17.1 Å². The summed E-state index contributed by atoms with van der Waals surface area (Å²) >= 11 is 0. The van der Waals surface area contributed by atoms with Gasteiger partial charge in [0.2, 0.25) is 0 Å². The fraction of sp³-hybridized carbons (Fsp3) is 0.462. The molecule has 0 spiro atoms. The quantitative estimate of drug-likeness (QED) is 0.850. The Morgan fingerprint density at radius 3 is 2.67 bits per heavy atom. The van der Waals surface area contributed by atoms with Crippen LogP contribution in [0, 0.1) is 5.82 Å². The van der Waals surface area contributed by atoms with Gasteiger partial charge in [-0.15, -0.1) is 0 Å². The van der Waals surface area contributed by atoms with Crippen molar-refractivity contribution in [2.24, 2.45) is 0 Å². The zero-order chi connectivity index (χ0) is 13.8. The molecule has 0 atom stereocenters. The lowest BCUT2D eigenvalue weighted by Crippen LogP contribution is -2.25. The fourth-order valence-corrected chi connectivity index (χ4v) is 1.34. The molecular formula is C13H17FO4. The van der Waals surface area contributed by atoms with Crippen LogP contribution in [0.15, 0.2) is 18.2 Å². The maximum absolute atomic E-state index is 13.3. The molecule has 0 unspecified atom stereocenters.